The first-order valence-corrected chi connectivity index (χ1v) is 9.47. The Balaban J connectivity index is 1.67. The fraction of sp³-hybridized carbons (Fsp3) is 0.217. The lowest BCUT2D eigenvalue weighted by Gasteiger charge is -2.36. The molecule has 0 radical (unpaired) electrons. The highest BCUT2D eigenvalue weighted by Gasteiger charge is 2.30. The SMILES string of the molecule is O=[N+]([O-])c1ccc(C2Nc3ccc4ccccc4c3C3=C2CCCC3)cc1. The molecule has 0 aromatic heterocycles. The molecule has 0 saturated heterocycles. The van der Waals surface area contributed by atoms with Crippen LogP contribution in [0, 0.1) is 10.1 Å². The van der Waals surface area contributed by atoms with Crippen molar-refractivity contribution in [1.29, 1.82) is 0 Å². The normalized spacial score (nSPS) is 18.6. The van der Waals surface area contributed by atoms with Gasteiger partial charge >= 0.3 is 0 Å². The van der Waals surface area contributed by atoms with Crippen LogP contribution in [-0.2, 0) is 0 Å². The number of hydrogen-bond donors (Lipinski definition) is 1. The maximum absolute atomic E-state index is 11.0. The molecule has 0 spiro atoms. The topological polar surface area (TPSA) is 55.2 Å². The van der Waals surface area contributed by atoms with Gasteiger partial charge in [-0.25, -0.2) is 0 Å². The minimum Gasteiger partial charge on any atom is -0.374 e. The maximum atomic E-state index is 11.0. The smallest absolute Gasteiger partial charge is 0.269 e. The van der Waals surface area contributed by atoms with Crippen molar-refractivity contribution >= 4 is 27.7 Å². The molecular formula is C23H20N2O2. The van der Waals surface area contributed by atoms with Crippen molar-refractivity contribution in [3.05, 3.63) is 87.5 Å². The van der Waals surface area contributed by atoms with Gasteiger partial charge in [-0.1, -0.05) is 30.3 Å². The molecule has 27 heavy (non-hydrogen) atoms. The number of hydrogen-bond acceptors (Lipinski definition) is 3. The Kier molecular flexibility index (Phi) is 3.71. The predicted octanol–water partition coefficient (Wildman–Crippen LogP) is 6.24. The van der Waals surface area contributed by atoms with E-state index in [1.54, 1.807) is 12.1 Å². The molecule has 1 unspecified atom stereocenters. The molecule has 1 aliphatic heterocycles. The van der Waals surface area contributed by atoms with E-state index in [2.05, 4.69) is 41.7 Å². The summed E-state index contributed by atoms with van der Waals surface area (Å²) in [5.41, 5.74) is 6.65. The summed E-state index contributed by atoms with van der Waals surface area (Å²) >= 11 is 0. The molecule has 0 bridgehead atoms. The van der Waals surface area contributed by atoms with Crippen LogP contribution in [0.1, 0.15) is 42.9 Å². The minimum absolute atomic E-state index is 0.0924. The number of allylic oxidation sites excluding steroid dienone is 1. The largest absolute Gasteiger partial charge is 0.374 e. The van der Waals surface area contributed by atoms with E-state index < -0.39 is 0 Å². The van der Waals surface area contributed by atoms with Crippen LogP contribution in [0.15, 0.2) is 66.2 Å². The monoisotopic (exact) mass is 356 g/mol. The number of rotatable bonds is 2. The quantitative estimate of drug-likeness (QED) is 0.436. The lowest BCUT2D eigenvalue weighted by Crippen LogP contribution is -2.22. The summed E-state index contributed by atoms with van der Waals surface area (Å²) in [5, 5.41) is 17.3. The molecular weight excluding hydrogens is 336 g/mol. The van der Waals surface area contributed by atoms with Crippen molar-refractivity contribution in [2.45, 2.75) is 31.7 Å². The van der Waals surface area contributed by atoms with Crippen LogP contribution in [0.2, 0.25) is 0 Å². The molecule has 4 heteroatoms. The van der Waals surface area contributed by atoms with Gasteiger partial charge in [-0.3, -0.25) is 10.1 Å². The number of benzene rings is 3. The molecule has 1 N–H and O–H groups in total. The van der Waals surface area contributed by atoms with E-state index in [1.165, 1.54) is 40.3 Å². The molecule has 0 fully saturated rings. The van der Waals surface area contributed by atoms with E-state index in [4.69, 9.17) is 0 Å². The van der Waals surface area contributed by atoms with Crippen LogP contribution >= 0.6 is 0 Å². The van der Waals surface area contributed by atoms with Gasteiger partial charge in [0, 0.05) is 23.4 Å². The van der Waals surface area contributed by atoms with Crippen LogP contribution in [-0.4, -0.2) is 4.92 Å². The molecule has 134 valence electrons. The molecule has 1 heterocycles. The molecule has 1 atom stereocenters. The van der Waals surface area contributed by atoms with E-state index in [-0.39, 0.29) is 16.7 Å². The van der Waals surface area contributed by atoms with Gasteiger partial charge in [0.2, 0.25) is 0 Å². The van der Waals surface area contributed by atoms with Crippen LogP contribution in [0.3, 0.4) is 0 Å². The summed E-state index contributed by atoms with van der Waals surface area (Å²) in [6, 6.07) is 20.0. The van der Waals surface area contributed by atoms with E-state index in [1.807, 2.05) is 12.1 Å². The van der Waals surface area contributed by atoms with Crippen LogP contribution in [0.5, 0.6) is 0 Å². The van der Waals surface area contributed by atoms with Gasteiger partial charge in [0.1, 0.15) is 0 Å². The molecule has 5 rings (SSSR count). The second-order valence-corrected chi connectivity index (χ2v) is 7.35. The maximum Gasteiger partial charge on any atom is 0.269 e. The zero-order chi connectivity index (χ0) is 18.4. The Labute approximate surface area is 157 Å². The lowest BCUT2D eigenvalue weighted by atomic mass is 9.77. The highest BCUT2D eigenvalue weighted by atomic mass is 16.6. The fourth-order valence-corrected chi connectivity index (χ4v) is 4.57. The second kappa shape index (κ2) is 6.23. The standard InChI is InChI=1S/C23H20N2O2/c26-25(27)17-12-9-16(10-13-17)23-20-8-4-3-7-19(20)22-18-6-2-1-5-15(18)11-14-21(22)24-23/h1-2,5-6,9-14,23-24H,3-4,7-8H2. The van der Waals surface area contributed by atoms with Gasteiger partial charge in [-0.05, 0) is 71.4 Å². The molecule has 0 amide bonds. The Morgan fingerprint density at radius 3 is 2.52 bits per heavy atom. The number of non-ortho nitro benzene ring substituents is 1. The van der Waals surface area contributed by atoms with Gasteiger partial charge in [-0.2, -0.15) is 0 Å². The van der Waals surface area contributed by atoms with E-state index in [0.29, 0.717) is 0 Å². The summed E-state index contributed by atoms with van der Waals surface area (Å²) in [5.74, 6) is 0. The van der Waals surface area contributed by atoms with Gasteiger partial charge in [0.15, 0.2) is 0 Å². The van der Waals surface area contributed by atoms with Crippen LogP contribution < -0.4 is 5.32 Å². The fourth-order valence-electron chi connectivity index (χ4n) is 4.57. The molecule has 4 nitrogen and oxygen atoms in total. The average molecular weight is 356 g/mol. The van der Waals surface area contributed by atoms with Crippen molar-refractivity contribution in [1.82, 2.24) is 0 Å². The molecule has 0 saturated carbocycles. The molecule has 2 aliphatic rings. The van der Waals surface area contributed by atoms with E-state index >= 15 is 0 Å². The average Bonchev–Trinajstić information content (AvgIpc) is 2.73. The highest BCUT2D eigenvalue weighted by molar-refractivity contribution is 6.01. The summed E-state index contributed by atoms with van der Waals surface area (Å²) in [4.78, 5) is 10.6. The van der Waals surface area contributed by atoms with Gasteiger partial charge < -0.3 is 5.32 Å². The van der Waals surface area contributed by atoms with Gasteiger partial charge in [-0.15, -0.1) is 0 Å². The zero-order valence-corrected chi connectivity index (χ0v) is 14.9. The first-order valence-electron chi connectivity index (χ1n) is 9.47. The number of fused-ring (bicyclic) bond motifs is 4. The molecule has 3 aromatic carbocycles. The van der Waals surface area contributed by atoms with Crippen molar-refractivity contribution in [3.63, 3.8) is 0 Å². The van der Waals surface area contributed by atoms with Crippen LogP contribution in [0.25, 0.3) is 16.3 Å². The number of anilines is 1. The third-order valence-electron chi connectivity index (χ3n) is 5.83. The first-order chi connectivity index (χ1) is 13.2. The summed E-state index contributed by atoms with van der Waals surface area (Å²) < 4.78 is 0. The third kappa shape index (κ3) is 2.60. The Morgan fingerprint density at radius 2 is 1.70 bits per heavy atom. The molecule has 3 aromatic rings. The number of nitrogens with zero attached hydrogens (tertiary/aromatic N) is 1. The van der Waals surface area contributed by atoms with Crippen LogP contribution in [0.4, 0.5) is 11.4 Å². The summed E-state index contributed by atoms with van der Waals surface area (Å²) in [6.07, 6.45) is 4.59. The van der Waals surface area contributed by atoms with Gasteiger partial charge in [0.25, 0.3) is 5.69 Å². The lowest BCUT2D eigenvalue weighted by molar-refractivity contribution is -0.384. The minimum atomic E-state index is -0.342. The van der Waals surface area contributed by atoms with Crippen molar-refractivity contribution < 1.29 is 4.92 Å². The predicted molar refractivity (Wildman–Crippen MR) is 109 cm³/mol. The second-order valence-electron chi connectivity index (χ2n) is 7.35. The van der Waals surface area contributed by atoms with Crippen molar-refractivity contribution in [2.24, 2.45) is 0 Å². The van der Waals surface area contributed by atoms with E-state index in [0.717, 1.165) is 24.1 Å². The van der Waals surface area contributed by atoms with Gasteiger partial charge in [0.05, 0.1) is 11.0 Å². The number of nitrogens with one attached hydrogen (secondary N) is 1. The highest BCUT2D eigenvalue weighted by Crippen LogP contribution is 2.48. The Morgan fingerprint density at radius 1 is 0.926 bits per heavy atom. The summed E-state index contributed by atoms with van der Waals surface area (Å²) in [7, 11) is 0. The molecule has 1 aliphatic carbocycles. The number of nitro benzene ring substituents is 1. The Bertz CT molecular complexity index is 1080. The zero-order valence-electron chi connectivity index (χ0n) is 14.9. The summed E-state index contributed by atoms with van der Waals surface area (Å²) in [6.45, 7) is 0. The number of nitro groups is 1. The Hall–Kier alpha value is -3.14. The third-order valence-corrected chi connectivity index (χ3v) is 5.83. The van der Waals surface area contributed by atoms with Crippen molar-refractivity contribution in [2.75, 3.05) is 5.32 Å². The van der Waals surface area contributed by atoms with Crippen molar-refractivity contribution in [3.8, 4) is 0 Å². The van der Waals surface area contributed by atoms with E-state index in [9.17, 15) is 10.1 Å². The first kappa shape index (κ1) is 16.1.